The van der Waals surface area contributed by atoms with E-state index in [0.29, 0.717) is 57.3 Å². The number of carbonyl (C=O) groups is 1. The van der Waals surface area contributed by atoms with Gasteiger partial charge in [-0.3, -0.25) is 4.79 Å². The molecule has 3 aromatic rings. The van der Waals surface area contributed by atoms with Gasteiger partial charge in [0.15, 0.2) is 0 Å². The monoisotopic (exact) mass is 503 g/mol. The van der Waals surface area contributed by atoms with Crippen LogP contribution in [0.2, 0.25) is 0 Å². The van der Waals surface area contributed by atoms with Crippen LogP contribution in [0.5, 0.6) is 0 Å². The molecule has 4 rings (SSSR count). The lowest BCUT2D eigenvalue weighted by Gasteiger charge is -2.32. The Balaban J connectivity index is 1.25. The maximum atomic E-state index is 14.2. The summed E-state index contributed by atoms with van der Waals surface area (Å²) in [7, 11) is 0. The highest BCUT2D eigenvalue weighted by Crippen LogP contribution is 2.32. The van der Waals surface area contributed by atoms with E-state index in [0.717, 1.165) is 30.8 Å². The summed E-state index contributed by atoms with van der Waals surface area (Å²) in [4.78, 5) is 18.7. The molecule has 192 valence electrons. The van der Waals surface area contributed by atoms with Crippen molar-refractivity contribution in [2.24, 2.45) is 0 Å². The van der Waals surface area contributed by atoms with Crippen molar-refractivity contribution in [3.05, 3.63) is 89.3 Å². The molecule has 36 heavy (non-hydrogen) atoms. The summed E-state index contributed by atoms with van der Waals surface area (Å²) in [6.45, 7) is 2.74. The molecule has 9 heteroatoms. The average Bonchev–Trinajstić information content (AvgIpc) is 3.34. The summed E-state index contributed by atoms with van der Waals surface area (Å²) < 4.78 is 61.0. The van der Waals surface area contributed by atoms with Crippen molar-refractivity contribution < 1.29 is 27.1 Å². The van der Waals surface area contributed by atoms with E-state index >= 15 is 0 Å². The Kier molecular flexibility index (Phi) is 8.40. The maximum absolute atomic E-state index is 14.2. The number of piperidine rings is 1. The zero-order chi connectivity index (χ0) is 25.5. The van der Waals surface area contributed by atoms with Gasteiger partial charge in [-0.25, -0.2) is 9.37 Å². The second kappa shape index (κ2) is 11.7. The van der Waals surface area contributed by atoms with Crippen molar-refractivity contribution in [1.29, 1.82) is 0 Å². The molecule has 0 saturated carbocycles. The number of unbranched alkanes of at least 4 members (excludes halogenated alkanes) is 1. The topological polar surface area (TPSA) is 47.4 Å². The van der Waals surface area contributed by atoms with Crippen molar-refractivity contribution >= 4 is 5.91 Å². The van der Waals surface area contributed by atoms with E-state index in [9.17, 15) is 22.4 Å². The molecule has 0 radical (unpaired) electrons. The van der Waals surface area contributed by atoms with Gasteiger partial charge in [0.05, 0.1) is 17.7 Å². The second-order valence-corrected chi connectivity index (χ2v) is 8.98. The van der Waals surface area contributed by atoms with Gasteiger partial charge < -0.3 is 14.2 Å². The van der Waals surface area contributed by atoms with E-state index in [2.05, 4.69) is 9.55 Å². The van der Waals surface area contributed by atoms with Crippen LogP contribution in [0, 0.1) is 5.82 Å². The lowest BCUT2D eigenvalue weighted by atomic mass is 9.95. The third kappa shape index (κ3) is 6.51. The number of hydrogen-bond donors (Lipinski definition) is 0. The van der Waals surface area contributed by atoms with Gasteiger partial charge in [-0.1, -0.05) is 30.3 Å². The highest BCUT2D eigenvalue weighted by molar-refractivity contribution is 5.94. The van der Waals surface area contributed by atoms with Crippen LogP contribution in [0.4, 0.5) is 17.6 Å². The Hall–Kier alpha value is -3.20. The van der Waals surface area contributed by atoms with Crippen molar-refractivity contribution in [3.63, 3.8) is 0 Å². The summed E-state index contributed by atoms with van der Waals surface area (Å²) >= 11 is 0. The predicted octanol–water partition coefficient (Wildman–Crippen LogP) is 6.06. The molecule has 0 atom stereocenters. The molecule has 1 aliphatic rings. The van der Waals surface area contributed by atoms with Gasteiger partial charge in [0, 0.05) is 44.6 Å². The third-order valence-electron chi connectivity index (χ3n) is 6.47. The van der Waals surface area contributed by atoms with Crippen molar-refractivity contribution in [2.45, 2.75) is 50.9 Å². The number of hydrogen-bond acceptors (Lipinski definition) is 3. The number of aryl methyl sites for hydroxylation is 1. The molecule has 0 bridgehead atoms. The van der Waals surface area contributed by atoms with Crippen LogP contribution in [0.25, 0.3) is 0 Å². The molecule has 0 aliphatic carbocycles. The number of benzene rings is 2. The zero-order valence-electron chi connectivity index (χ0n) is 19.9. The minimum absolute atomic E-state index is 0.129. The van der Waals surface area contributed by atoms with E-state index in [4.69, 9.17) is 4.74 Å². The molecule has 5 nitrogen and oxygen atoms in total. The molecule has 1 aliphatic heterocycles. The third-order valence-corrected chi connectivity index (χ3v) is 6.47. The summed E-state index contributed by atoms with van der Waals surface area (Å²) in [6.07, 6.45) is 2.14. The highest BCUT2D eigenvalue weighted by atomic mass is 19.4. The van der Waals surface area contributed by atoms with Crippen molar-refractivity contribution in [3.8, 4) is 0 Å². The number of halogens is 4. The van der Waals surface area contributed by atoms with Gasteiger partial charge in [-0.15, -0.1) is 0 Å². The molecule has 1 fully saturated rings. The SMILES string of the molecule is O=C(c1cc(C(F)(F)F)ccc1F)N1CCC(c2nccn2CCCCOCc2ccccc2)CC1. The molecule has 2 heterocycles. The fourth-order valence-electron chi connectivity index (χ4n) is 4.50. The largest absolute Gasteiger partial charge is 0.416 e. The first-order valence-electron chi connectivity index (χ1n) is 12.1. The van der Waals surface area contributed by atoms with Crippen LogP contribution in [0.1, 0.15) is 58.9 Å². The first-order chi connectivity index (χ1) is 17.3. The smallest absolute Gasteiger partial charge is 0.377 e. The zero-order valence-corrected chi connectivity index (χ0v) is 19.9. The number of ether oxygens (including phenoxy) is 1. The summed E-state index contributed by atoms with van der Waals surface area (Å²) in [6, 6.07) is 12.0. The fourth-order valence-corrected chi connectivity index (χ4v) is 4.50. The van der Waals surface area contributed by atoms with Crippen molar-refractivity contribution in [2.75, 3.05) is 19.7 Å². The second-order valence-electron chi connectivity index (χ2n) is 8.98. The molecule has 1 aromatic heterocycles. The minimum Gasteiger partial charge on any atom is -0.377 e. The van der Waals surface area contributed by atoms with Crippen LogP contribution in [-0.2, 0) is 24.1 Å². The molecule has 0 unspecified atom stereocenters. The van der Waals surface area contributed by atoms with Gasteiger partial charge >= 0.3 is 6.18 Å². The van der Waals surface area contributed by atoms with E-state index in [-0.39, 0.29) is 5.92 Å². The Morgan fingerprint density at radius 2 is 1.81 bits per heavy atom. The van der Waals surface area contributed by atoms with E-state index < -0.39 is 29.0 Å². The molecule has 1 amide bonds. The van der Waals surface area contributed by atoms with Gasteiger partial charge in [-0.05, 0) is 49.4 Å². The lowest BCUT2D eigenvalue weighted by molar-refractivity contribution is -0.137. The van der Waals surface area contributed by atoms with Gasteiger partial charge in [-0.2, -0.15) is 13.2 Å². The number of imidazole rings is 1. The van der Waals surface area contributed by atoms with E-state index in [1.54, 1.807) is 6.20 Å². The minimum atomic E-state index is -4.64. The first kappa shape index (κ1) is 25.9. The predicted molar refractivity (Wildman–Crippen MR) is 127 cm³/mol. The summed E-state index contributed by atoms with van der Waals surface area (Å²) in [5.74, 6) is -0.586. The number of nitrogens with zero attached hydrogens (tertiary/aromatic N) is 3. The van der Waals surface area contributed by atoms with Gasteiger partial charge in [0.2, 0.25) is 0 Å². The van der Waals surface area contributed by atoms with Crippen LogP contribution in [0.15, 0.2) is 60.9 Å². The first-order valence-corrected chi connectivity index (χ1v) is 12.1. The van der Waals surface area contributed by atoms with Crippen LogP contribution < -0.4 is 0 Å². The summed E-state index contributed by atoms with van der Waals surface area (Å²) in [5, 5.41) is 0. The van der Waals surface area contributed by atoms with Crippen LogP contribution in [-0.4, -0.2) is 40.1 Å². The number of aromatic nitrogens is 2. The van der Waals surface area contributed by atoms with Crippen LogP contribution in [0.3, 0.4) is 0 Å². The molecular formula is C27H29F4N3O2. The van der Waals surface area contributed by atoms with Crippen LogP contribution >= 0.6 is 0 Å². The summed E-state index contributed by atoms with van der Waals surface area (Å²) in [5.41, 5.74) is -0.427. The average molecular weight is 504 g/mol. The Morgan fingerprint density at radius 3 is 2.53 bits per heavy atom. The van der Waals surface area contributed by atoms with Gasteiger partial charge in [0.25, 0.3) is 5.91 Å². The molecule has 1 saturated heterocycles. The number of carbonyl (C=O) groups excluding carboxylic acids is 1. The number of rotatable bonds is 9. The number of amides is 1. The molecular weight excluding hydrogens is 474 g/mol. The van der Waals surface area contributed by atoms with Crippen molar-refractivity contribution in [1.82, 2.24) is 14.5 Å². The molecule has 0 N–H and O–H groups in total. The lowest BCUT2D eigenvalue weighted by Crippen LogP contribution is -2.39. The normalized spacial score (nSPS) is 14.8. The number of likely N-dealkylation sites (tertiary alicyclic amines) is 1. The Bertz CT molecular complexity index is 1140. The van der Waals surface area contributed by atoms with E-state index in [1.807, 2.05) is 36.5 Å². The quantitative estimate of drug-likeness (QED) is 0.264. The maximum Gasteiger partial charge on any atom is 0.416 e. The molecule has 0 spiro atoms. The van der Waals surface area contributed by atoms with Gasteiger partial charge in [0.1, 0.15) is 11.6 Å². The number of alkyl halides is 3. The van der Waals surface area contributed by atoms with E-state index in [1.165, 1.54) is 4.90 Å². The molecule has 2 aromatic carbocycles. The standard InChI is InChI=1S/C27H29F4N3O2/c28-24-9-8-22(27(29,30)31)18-23(24)26(35)34-14-10-21(11-15-34)25-32-12-16-33(25)13-4-5-17-36-19-20-6-2-1-3-7-20/h1-3,6-9,12,16,18,21H,4-5,10-11,13-15,17,19H2. The fraction of sp³-hybridized carbons (Fsp3) is 0.407. The highest BCUT2D eigenvalue weighted by Gasteiger charge is 2.33. The Morgan fingerprint density at radius 1 is 1.06 bits per heavy atom. The Labute approximate surface area is 207 Å².